The number of rotatable bonds is 1. The summed E-state index contributed by atoms with van der Waals surface area (Å²) >= 11 is 0. The third-order valence-electron chi connectivity index (χ3n) is 2.41. The molecule has 1 aliphatic rings. The molecule has 2 heterocycles. The van der Waals surface area contributed by atoms with Crippen molar-refractivity contribution in [1.82, 2.24) is 4.98 Å². The van der Waals surface area contributed by atoms with Crippen LogP contribution in [0.4, 0.5) is 0 Å². The Morgan fingerprint density at radius 3 is 2.80 bits per heavy atom. The van der Waals surface area contributed by atoms with Crippen LogP contribution in [-0.2, 0) is 0 Å². The van der Waals surface area contributed by atoms with Crippen LogP contribution in [0, 0.1) is 0 Å². The van der Waals surface area contributed by atoms with E-state index in [-0.39, 0.29) is 12.4 Å². The molecule has 5 heteroatoms. The Balaban J connectivity index is 2.31. The molecule has 2 N–H and O–H groups in total. The molecule has 0 amide bonds. The molecule has 0 spiro atoms. The average Bonchev–Trinajstić information content (AvgIpc) is 2.77. The molecule has 5 nitrogen and oxygen atoms in total. The molecular formula is C10H7NO4. The molecule has 15 heavy (non-hydrogen) atoms. The highest BCUT2D eigenvalue weighted by atomic mass is 16.7. The minimum absolute atomic E-state index is 0.185. The fraction of sp³-hybridized carbons (Fsp3) is 0.100. The molecule has 0 saturated heterocycles. The Morgan fingerprint density at radius 1 is 1.33 bits per heavy atom. The van der Waals surface area contributed by atoms with E-state index in [2.05, 4.69) is 4.98 Å². The predicted octanol–water partition coefficient (Wildman–Crippen LogP) is 1.59. The van der Waals surface area contributed by atoms with Gasteiger partial charge in [0, 0.05) is 17.6 Å². The number of aromatic amines is 1. The molecule has 0 unspecified atom stereocenters. The van der Waals surface area contributed by atoms with Crippen molar-refractivity contribution in [2.45, 2.75) is 0 Å². The van der Waals surface area contributed by atoms with Gasteiger partial charge in [-0.15, -0.1) is 0 Å². The number of carbonyl (C=O) groups is 1. The van der Waals surface area contributed by atoms with E-state index in [0.717, 1.165) is 5.52 Å². The zero-order valence-corrected chi connectivity index (χ0v) is 7.61. The van der Waals surface area contributed by atoms with Gasteiger partial charge in [-0.25, -0.2) is 4.79 Å². The van der Waals surface area contributed by atoms with Crippen LogP contribution in [0.25, 0.3) is 10.9 Å². The maximum absolute atomic E-state index is 10.9. The molecule has 0 fully saturated rings. The third-order valence-corrected chi connectivity index (χ3v) is 2.41. The Hall–Kier alpha value is -2.17. The highest BCUT2D eigenvalue weighted by molar-refractivity contribution is 6.04. The average molecular weight is 205 g/mol. The molecule has 1 aromatic carbocycles. The monoisotopic (exact) mass is 205 g/mol. The van der Waals surface area contributed by atoms with Gasteiger partial charge in [0.15, 0.2) is 11.5 Å². The van der Waals surface area contributed by atoms with Gasteiger partial charge >= 0.3 is 5.97 Å². The number of hydrogen-bond acceptors (Lipinski definition) is 3. The fourth-order valence-corrected chi connectivity index (χ4v) is 1.69. The number of aromatic nitrogens is 1. The van der Waals surface area contributed by atoms with E-state index < -0.39 is 5.97 Å². The largest absolute Gasteiger partial charge is 0.478 e. The van der Waals surface area contributed by atoms with Crippen molar-refractivity contribution in [3.8, 4) is 11.5 Å². The summed E-state index contributed by atoms with van der Waals surface area (Å²) in [4.78, 5) is 13.8. The van der Waals surface area contributed by atoms with E-state index in [1.54, 1.807) is 12.1 Å². The van der Waals surface area contributed by atoms with Crippen LogP contribution < -0.4 is 9.47 Å². The minimum Gasteiger partial charge on any atom is -0.478 e. The number of nitrogens with one attached hydrogen (secondary N) is 1. The molecule has 2 aromatic rings. The minimum atomic E-state index is -0.958. The van der Waals surface area contributed by atoms with Gasteiger partial charge in [0.2, 0.25) is 6.79 Å². The highest BCUT2D eigenvalue weighted by Gasteiger charge is 2.18. The predicted molar refractivity (Wildman–Crippen MR) is 51.4 cm³/mol. The lowest BCUT2D eigenvalue weighted by atomic mass is 10.1. The van der Waals surface area contributed by atoms with Crippen molar-refractivity contribution in [2.24, 2.45) is 0 Å². The third kappa shape index (κ3) is 1.06. The Kier molecular flexibility index (Phi) is 1.45. The lowest BCUT2D eigenvalue weighted by molar-refractivity contribution is 0.0699. The van der Waals surface area contributed by atoms with E-state index in [0.29, 0.717) is 16.9 Å². The molecule has 1 aliphatic heterocycles. The first-order valence-electron chi connectivity index (χ1n) is 4.40. The van der Waals surface area contributed by atoms with Crippen LogP contribution in [0.3, 0.4) is 0 Å². The van der Waals surface area contributed by atoms with Crippen molar-refractivity contribution in [3.63, 3.8) is 0 Å². The molecule has 0 bridgehead atoms. The first-order chi connectivity index (χ1) is 7.25. The number of benzene rings is 1. The summed E-state index contributed by atoms with van der Waals surface area (Å²) < 4.78 is 10.4. The van der Waals surface area contributed by atoms with Gasteiger partial charge in [-0.1, -0.05) is 0 Å². The normalized spacial score (nSPS) is 13.3. The van der Waals surface area contributed by atoms with Crippen LogP contribution in [0.15, 0.2) is 18.3 Å². The quantitative estimate of drug-likeness (QED) is 0.741. The zero-order chi connectivity index (χ0) is 10.4. The second-order valence-electron chi connectivity index (χ2n) is 3.26. The lowest BCUT2D eigenvalue weighted by Crippen LogP contribution is -1.94. The van der Waals surface area contributed by atoms with E-state index in [1.807, 2.05) is 0 Å². The van der Waals surface area contributed by atoms with Crippen molar-refractivity contribution in [1.29, 1.82) is 0 Å². The van der Waals surface area contributed by atoms with E-state index in [4.69, 9.17) is 14.6 Å². The molecule has 3 rings (SSSR count). The standard InChI is InChI=1S/C10H7NO4/c12-10(13)6-3-11-7-2-9-8(1-5(6)7)14-4-15-9/h1-3,11H,4H2,(H,12,13). The van der Waals surface area contributed by atoms with Crippen LogP contribution in [0.1, 0.15) is 10.4 Å². The Bertz CT molecular complexity index is 558. The maximum Gasteiger partial charge on any atom is 0.337 e. The number of carboxylic acid groups (broad SMARTS) is 1. The Morgan fingerprint density at radius 2 is 2.07 bits per heavy atom. The fourth-order valence-electron chi connectivity index (χ4n) is 1.69. The molecule has 76 valence electrons. The second-order valence-corrected chi connectivity index (χ2v) is 3.26. The number of fused-ring (bicyclic) bond motifs is 2. The maximum atomic E-state index is 10.9. The summed E-state index contributed by atoms with van der Waals surface area (Å²) in [5, 5.41) is 9.56. The second kappa shape index (κ2) is 2.66. The smallest absolute Gasteiger partial charge is 0.337 e. The molecule has 0 aliphatic carbocycles. The van der Waals surface area contributed by atoms with Crippen LogP contribution >= 0.6 is 0 Å². The molecule has 0 saturated carbocycles. The van der Waals surface area contributed by atoms with Crippen molar-refractivity contribution in [2.75, 3.05) is 6.79 Å². The van der Waals surface area contributed by atoms with Gasteiger partial charge in [0.25, 0.3) is 0 Å². The van der Waals surface area contributed by atoms with Crippen LogP contribution in [0.2, 0.25) is 0 Å². The molecule has 0 atom stereocenters. The van der Waals surface area contributed by atoms with Crippen LogP contribution in [-0.4, -0.2) is 22.9 Å². The summed E-state index contributed by atoms with van der Waals surface area (Å²) in [5.74, 6) is 0.269. The molecule has 0 radical (unpaired) electrons. The van der Waals surface area contributed by atoms with Gasteiger partial charge in [-0.3, -0.25) is 0 Å². The number of aromatic carboxylic acids is 1. The Labute approximate surface area is 84.2 Å². The van der Waals surface area contributed by atoms with Crippen molar-refractivity contribution >= 4 is 16.9 Å². The van der Waals surface area contributed by atoms with Gasteiger partial charge in [-0.05, 0) is 6.07 Å². The van der Waals surface area contributed by atoms with Gasteiger partial charge in [0.1, 0.15) is 0 Å². The topological polar surface area (TPSA) is 71.5 Å². The number of carboxylic acids is 1. The number of H-pyrrole nitrogens is 1. The van der Waals surface area contributed by atoms with Crippen molar-refractivity contribution in [3.05, 3.63) is 23.9 Å². The summed E-state index contributed by atoms with van der Waals surface area (Å²) in [5.41, 5.74) is 0.972. The SMILES string of the molecule is O=C(O)c1c[nH]c2cc3c(cc12)OCO3. The molecular weight excluding hydrogens is 198 g/mol. The first kappa shape index (κ1) is 8.16. The number of hydrogen-bond donors (Lipinski definition) is 2. The zero-order valence-electron chi connectivity index (χ0n) is 7.61. The van der Waals surface area contributed by atoms with E-state index in [9.17, 15) is 4.79 Å². The molecule has 1 aromatic heterocycles. The summed E-state index contributed by atoms with van der Waals surface area (Å²) in [7, 11) is 0. The van der Waals surface area contributed by atoms with Gasteiger partial charge in [0.05, 0.1) is 11.1 Å². The van der Waals surface area contributed by atoms with E-state index in [1.165, 1.54) is 6.20 Å². The lowest BCUT2D eigenvalue weighted by Gasteiger charge is -1.96. The van der Waals surface area contributed by atoms with Crippen molar-refractivity contribution < 1.29 is 19.4 Å². The van der Waals surface area contributed by atoms with Gasteiger partial charge in [-0.2, -0.15) is 0 Å². The summed E-state index contributed by atoms with van der Waals surface area (Å²) in [6.45, 7) is 0.185. The van der Waals surface area contributed by atoms with Crippen LogP contribution in [0.5, 0.6) is 11.5 Å². The highest BCUT2D eigenvalue weighted by Crippen LogP contribution is 2.36. The first-order valence-corrected chi connectivity index (χ1v) is 4.40. The summed E-state index contributed by atoms with van der Waals surface area (Å²) in [6.07, 6.45) is 1.46. The van der Waals surface area contributed by atoms with E-state index >= 15 is 0 Å². The van der Waals surface area contributed by atoms with Gasteiger partial charge < -0.3 is 19.6 Å². The number of ether oxygens (including phenoxy) is 2. The summed E-state index contributed by atoms with van der Waals surface area (Å²) in [6, 6.07) is 3.42.